The third kappa shape index (κ3) is 10.8. The normalized spacial score (nSPS) is 14.2. The number of ether oxygens (including phenoxy) is 3. The number of carbonyl (C=O) groups is 2. The molecule has 1 aromatic heterocycles. The van der Waals surface area contributed by atoms with Gasteiger partial charge in [-0.2, -0.15) is 4.57 Å². The minimum Gasteiger partial charge on any atom is -0.748 e. The van der Waals surface area contributed by atoms with E-state index < -0.39 is 43.7 Å². The molecule has 2 heterocycles. The van der Waals surface area contributed by atoms with E-state index in [2.05, 4.69) is 0 Å². The van der Waals surface area contributed by atoms with Gasteiger partial charge in [-0.05, 0) is 54.8 Å². The molecule has 48 heavy (non-hydrogen) atoms. The number of thiazole rings is 1. The van der Waals surface area contributed by atoms with Crippen molar-refractivity contribution >= 4 is 65.5 Å². The molecule has 13 nitrogen and oxygen atoms in total. The van der Waals surface area contributed by atoms with Crippen LogP contribution in [0.1, 0.15) is 51.9 Å². The molecule has 17 heteroatoms. The first-order chi connectivity index (χ1) is 22.2. The standard InChI is InChI=1S/C31H34N2O11S3.K/c1-4-21(7-13-28-32(15-5-17-46(36,37)38)24-19-22(30(34)42-2)9-11-26(24)44-28)8-14-29-33(16-6-18-47(39,40)41)25-20-23(31(35)43-3)10-12-27(25)45-29;/h7-14,19-20H,4-6,15-18H2,1-3H3,(H-,36,37,38,39,40,41);/q;+1/p-1. The number of hydrogen-bond donors (Lipinski definition) is 0. The first kappa shape index (κ1) is 40.0. The van der Waals surface area contributed by atoms with Crippen molar-refractivity contribution in [3.63, 3.8) is 0 Å². The van der Waals surface area contributed by atoms with Gasteiger partial charge in [-0.25, -0.2) is 26.4 Å². The molecule has 0 atom stereocenters. The molecular formula is C31H33KN2O11S3. The number of rotatable bonds is 14. The number of hydrogen-bond acceptors (Lipinski definition) is 13. The van der Waals surface area contributed by atoms with E-state index in [1.54, 1.807) is 47.4 Å². The first-order valence-electron chi connectivity index (χ1n) is 14.4. The molecule has 0 saturated carbocycles. The Bertz CT molecular complexity index is 1990. The van der Waals surface area contributed by atoms with Gasteiger partial charge in [0.05, 0.1) is 51.3 Å². The summed E-state index contributed by atoms with van der Waals surface area (Å²) in [7, 11) is -6.31. The zero-order valence-electron chi connectivity index (χ0n) is 26.8. The molecule has 4 rings (SSSR count). The van der Waals surface area contributed by atoms with Crippen LogP contribution in [0.25, 0.3) is 16.3 Å². The van der Waals surface area contributed by atoms with Crippen LogP contribution in [0.15, 0.2) is 66.1 Å². The Kier molecular flexibility index (Phi) is 14.5. The van der Waals surface area contributed by atoms with Crippen LogP contribution in [0.4, 0.5) is 5.69 Å². The Morgan fingerprint density at radius 1 is 0.958 bits per heavy atom. The van der Waals surface area contributed by atoms with Crippen molar-refractivity contribution in [3.8, 4) is 5.75 Å². The van der Waals surface area contributed by atoms with Crippen molar-refractivity contribution < 1.29 is 106 Å². The molecule has 0 fully saturated rings. The summed E-state index contributed by atoms with van der Waals surface area (Å²) in [5, 5.41) is 0.748. The van der Waals surface area contributed by atoms with Gasteiger partial charge < -0.3 is 28.2 Å². The van der Waals surface area contributed by atoms with Gasteiger partial charge in [0, 0.05) is 36.6 Å². The van der Waals surface area contributed by atoms with Crippen LogP contribution >= 0.6 is 11.3 Å². The summed E-state index contributed by atoms with van der Waals surface area (Å²) < 4.78 is 85.9. The molecule has 0 bridgehead atoms. The van der Waals surface area contributed by atoms with E-state index in [0.29, 0.717) is 34.8 Å². The van der Waals surface area contributed by atoms with Gasteiger partial charge in [0.25, 0.3) is 5.01 Å². The maximum Gasteiger partial charge on any atom is 1.00 e. The maximum atomic E-state index is 12.2. The average molecular weight is 745 g/mol. The van der Waals surface area contributed by atoms with Gasteiger partial charge in [0.1, 0.15) is 4.70 Å². The van der Waals surface area contributed by atoms with Gasteiger partial charge in [-0.1, -0.05) is 30.4 Å². The van der Waals surface area contributed by atoms with Gasteiger partial charge in [-0.3, -0.25) is 0 Å². The van der Waals surface area contributed by atoms with E-state index in [0.717, 1.165) is 15.3 Å². The second kappa shape index (κ2) is 17.5. The number of methoxy groups -OCH3 is 2. The molecule has 0 saturated heterocycles. The summed E-state index contributed by atoms with van der Waals surface area (Å²) in [6.07, 6.45) is 7.94. The van der Waals surface area contributed by atoms with Crippen LogP contribution < -0.4 is 65.6 Å². The molecule has 0 amide bonds. The predicted molar refractivity (Wildman–Crippen MR) is 173 cm³/mol. The first-order valence-corrected chi connectivity index (χ1v) is 18.4. The number of nitrogens with zero attached hydrogens (tertiary/aromatic N) is 2. The number of esters is 2. The van der Waals surface area contributed by atoms with E-state index in [1.807, 2.05) is 29.7 Å². The Balaban J connectivity index is 0.00000625. The molecule has 2 aromatic carbocycles. The molecule has 0 unspecified atom stereocenters. The summed E-state index contributed by atoms with van der Waals surface area (Å²) in [6.45, 7) is 2.29. The van der Waals surface area contributed by atoms with Crippen LogP contribution in [-0.2, 0) is 36.3 Å². The molecule has 1 aliphatic rings. The second-order valence-electron chi connectivity index (χ2n) is 10.4. The largest absolute Gasteiger partial charge is 1.00 e. The average Bonchev–Trinajstić information content (AvgIpc) is 3.55. The summed E-state index contributed by atoms with van der Waals surface area (Å²) in [5.41, 5.74) is 2.66. The summed E-state index contributed by atoms with van der Waals surface area (Å²) in [5.74, 6) is -1.39. The number of fused-ring (bicyclic) bond motifs is 2. The van der Waals surface area contributed by atoms with Crippen molar-refractivity contribution in [1.82, 2.24) is 0 Å². The summed E-state index contributed by atoms with van der Waals surface area (Å²) >= 11 is 1.42. The van der Waals surface area contributed by atoms with E-state index in [-0.39, 0.29) is 82.9 Å². The van der Waals surface area contributed by atoms with E-state index in [4.69, 9.17) is 14.2 Å². The topological polar surface area (TPSA) is 183 Å². The SMILES string of the molecule is CCC(C=Cc1sc2ccc(C(=O)OC)cc2[n+]1CCCS(=O)(=O)[O-])=CC=C1Oc2ccc(C(=O)OC)cc2N1CCCS(=O)(=O)[O-].[K+]. The van der Waals surface area contributed by atoms with Gasteiger partial charge in [0.15, 0.2) is 12.3 Å². The van der Waals surface area contributed by atoms with Crippen molar-refractivity contribution in [2.45, 2.75) is 32.7 Å². The van der Waals surface area contributed by atoms with Crippen LogP contribution in [0.5, 0.6) is 5.75 Å². The predicted octanol–water partition coefficient (Wildman–Crippen LogP) is 0.727. The van der Waals surface area contributed by atoms with Gasteiger partial charge in [-0.15, -0.1) is 0 Å². The maximum absolute atomic E-state index is 12.2. The number of aromatic nitrogens is 1. The fourth-order valence-corrected chi connectivity index (χ4v) is 6.88. The van der Waals surface area contributed by atoms with Crippen molar-refractivity contribution in [1.29, 1.82) is 0 Å². The summed E-state index contributed by atoms with van der Waals surface area (Å²) in [4.78, 5) is 26.0. The smallest absolute Gasteiger partial charge is 0.748 e. The molecule has 1 aliphatic heterocycles. The third-order valence-electron chi connectivity index (χ3n) is 7.14. The fourth-order valence-electron chi connectivity index (χ4n) is 4.85. The van der Waals surface area contributed by atoms with Gasteiger partial charge >= 0.3 is 63.3 Å². The zero-order chi connectivity index (χ0) is 34.4. The molecule has 252 valence electrons. The van der Waals surface area contributed by atoms with Crippen LogP contribution in [-0.4, -0.2) is 70.1 Å². The van der Waals surface area contributed by atoms with E-state index >= 15 is 0 Å². The monoisotopic (exact) mass is 744 g/mol. The van der Waals surface area contributed by atoms with Crippen molar-refractivity contribution in [2.75, 3.05) is 37.2 Å². The number of aryl methyl sites for hydroxylation is 1. The minimum absolute atomic E-state index is 0. The molecule has 0 radical (unpaired) electrons. The number of carbonyl (C=O) groups excluding carboxylic acids is 2. The quantitative estimate of drug-likeness (QED) is 0.0743. The summed E-state index contributed by atoms with van der Waals surface area (Å²) in [6, 6.07) is 9.80. The fraction of sp³-hybridized carbons (Fsp3) is 0.323. The molecular weight excluding hydrogens is 712 g/mol. The van der Waals surface area contributed by atoms with E-state index in [9.17, 15) is 35.5 Å². The molecule has 0 aliphatic carbocycles. The number of allylic oxidation sites excluding steroid dienone is 4. The number of anilines is 1. The minimum atomic E-state index is -4.44. The molecule has 0 N–H and O–H groups in total. The van der Waals surface area contributed by atoms with Crippen LogP contribution in [0.2, 0.25) is 0 Å². The molecule has 0 spiro atoms. The van der Waals surface area contributed by atoms with Crippen LogP contribution in [0.3, 0.4) is 0 Å². The molecule has 3 aromatic rings. The Labute approximate surface area is 325 Å². The number of benzene rings is 2. The van der Waals surface area contributed by atoms with Crippen LogP contribution in [0, 0.1) is 0 Å². The Morgan fingerprint density at radius 2 is 1.58 bits per heavy atom. The zero-order valence-corrected chi connectivity index (χ0v) is 32.4. The van der Waals surface area contributed by atoms with Crippen molar-refractivity contribution in [2.24, 2.45) is 0 Å². The Hall–Kier alpha value is -2.45. The van der Waals surface area contributed by atoms with Gasteiger partial charge in [0.2, 0.25) is 11.4 Å². The third-order valence-corrected chi connectivity index (χ3v) is 9.85. The second-order valence-corrected chi connectivity index (χ2v) is 14.5. The van der Waals surface area contributed by atoms with E-state index in [1.165, 1.54) is 25.6 Å². The Morgan fingerprint density at radius 3 is 2.21 bits per heavy atom. The van der Waals surface area contributed by atoms with Crippen molar-refractivity contribution in [3.05, 3.63) is 82.2 Å².